The lowest BCUT2D eigenvalue weighted by atomic mass is 10.1. The van der Waals surface area contributed by atoms with Crippen molar-refractivity contribution in [3.8, 4) is 0 Å². The third kappa shape index (κ3) is 1.61. The maximum atomic E-state index is 10.8. The Bertz CT molecular complexity index is 377. The number of benzene rings is 1. The first-order valence-electron chi connectivity index (χ1n) is 4.23. The van der Waals surface area contributed by atoms with E-state index >= 15 is 0 Å². The summed E-state index contributed by atoms with van der Waals surface area (Å²) in [6, 6.07) is 7.92. The molecule has 1 aliphatic rings. The summed E-state index contributed by atoms with van der Waals surface area (Å²) in [5.74, 6) is 0.519. The Hall–Kier alpha value is -1.57. The summed E-state index contributed by atoms with van der Waals surface area (Å²) >= 11 is 0. The van der Waals surface area contributed by atoms with Gasteiger partial charge in [0.2, 0.25) is 0 Å². The fourth-order valence-electron chi connectivity index (χ4n) is 1.36. The van der Waals surface area contributed by atoms with E-state index in [9.17, 15) is 4.79 Å². The lowest BCUT2D eigenvalue weighted by Crippen LogP contribution is -1.93. The van der Waals surface area contributed by atoms with Crippen molar-refractivity contribution in [2.75, 3.05) is 0 Å². The molecule has 1 aromatic carbocycles. The zero-order valence-electron chi connectivity index (χ0n) is 7.41. The van der Waals surface area contributed by atoms with Gasteiger partial charge in [-0.1, -0.05) is 23.8 Å². The van der Waals surface area contributed by atoms with Crippen LogP contribution in [0, 0.1) is 6.92 Å². The number of carbonyl (C=O) groups is 1. The summed E-state index contributed by atoms with van der Waals surface area (Å²) in [4.78, 5) is 10.8. The Balaban J connectivity index is 2.31. The first-order chi connectivity index (χ1) is 6.25. The molecule has 2 heteroatoms. The van der Waals surface area contributed by atoms with E-state index in [1.54, 1.807) is 0 Å². The van der Waals surface area contributed by atoms with Gasteiger partial charge in [-0.15, -0.1) is 0 Å². The van der Waals surface area contributed by atoms with Crippen LogP contribution < -0.4 is 0 Å². The van der Waals surface area contributed by atoms with E-state index < -0.39 is 0 Å². The first kappa shape index (κ1) is 8.05. The monoisotopic (exact) mass is 174 g/mol. The number of aryl methyl sites for hydroxylation is 1. The summed E-state index contributed by atoms with van der Waals surface area (Å²) in [7, 11) is 0. The number of esters is 1. The van der Waals surface area contributed by atoms with Crippen LogP contribution >= 0.6 is 0 Å². The van der Waals surface area contributed by atoms with Crippen molar-refractivity contribution in [2.45, 2.75) is 13.3 Å². The fourth-order valence-corrected chi connectivity index (χ4v) is 1.36. The molecule has 0 aliphatic carbocycles. The zero-order chi connectivity index (χ0) is 9.26. The summed E-state index contributed by atoms with van der Waals surface area (Å²) in [5.41, 5.74) is 2.15. The first-order valence-corrected chi connectivity index (χ1v) is 4.23. The third-order valence-electron chi connectivity index (χ3n) is 1.98. The summed E-state index contributed by atoms with van der Waals surface area (Å²) < 4.78 is 5.02. The van der Waals surface area contributed by atoms with E-state index in [2.05, 4.69) is 0 Å². The second kappa shape index (κ2) is 3.05. The zero-order valence-corrected chi connectivity index (χ0v) is 7.41. The highest BCUT2D eigenvalue weighted by atomic mass is 16.5. The predicted octanol–water partition coefficient (Wildman–Crippen LogP) is 2.28. The number of hydrogen-bond acceptors (Lipinski definition) is 2. The highest BCUT2D eigenvalue weighted by Crippen LogP contribution is 2.22. The minimum atomic E-state index is -0.170. The lowest BCUT2D eigenvalue weighted by Gasteiger charge is -2.02. The molecule has 13 heavy (non-hydrogen) atoms. The van der Waals surface area contributed by atoms with Gasteiger partial charge in [0, 0.05) is 5.56 Å². The molecule has 0 spiro atoms. The third-order valence-corrected chi connectivity index (χ3v) is 1.98. The van der Waals surface area contributed by atoms with Gasteiger partial charge < -0.3 is 4.74 Å². The molecule has 66 valence electrons. The number of rotatable bonds is 1. The van der Waals surface area contributed by atoms with Gasteiger partial charge in [-0.05, 0) is 19.1 Å². The molecular weight excluding hydrogens is 164 g/mol. The van der Waals surface area contributed by atoms with Gasteiger partial charge in [0.05, 0.1) is 6.42 Å². The van der Waals surface area contributed by atoms with Gasteiger partial charge in [0.25, 0.3) is 0 Å². The van der Waals surface area contributed by atoms with Crippen molar-refractivity contribution in [3.05, 3.63) is 41.5 Å². The minimum absolute atomic E-state index is 0.170. The molecule has 0 amide bonds. The SMILES string of the molecule is Cc1cccc(C2=CCC(=O)O2)c1. The predicted molar refractivity (Wildman–Crippen MR) is 49.9 cm³/mol. The molecule has 0 saturated carbocycles. The Labute approximate surface area is 76.8 Å². The van der Waals surface area contributed by atoms with Crippen molar-refractivity contribution in [1.29, 1.82) is 0 Å². The lowest BCUT2D eigenvalue weighted by molar-refractivity contribution is -0.134. The standard InChI is InChI=1S/C11H10O2/c1-8-3-2-4-9(7-8)10-5-6-11(12)13-10/h2-5,7H,6H2,1H3. The molecule has 0 unspecified atom stereocenters. The van der Waals surface area contributed by atoms with E-state index in [1.807, 2.05) is 37.3 Å². The molecule has 0 saturated heterocycles. The van der Waals surface area contributed by atoms with Crippen LogP contribution in [0.1, 0.15) is 17.5 Å². The number of cyclic esters (lactones) is 1. The Morgan fingerprint density at radius 1 is 1.38 bits per heavy atom. The molecule has 2 rings (SSSR count). The summed E-state index contributed by atoms with van der Waals surface area (Å²) in [6.07, 6.45) is 2.21. The molecule has 1 heterocycles. The second-order valence-corrected chi connectivity index (χ2v) is 3.12. The van der Waals surface area contributed by atoms with Gasteiger partial charge in [0.15, 0.2) is 0 Å². The number of hydrogen-bond donors (Lipinski definition) is 0. The van der Waals surface area contributed by atoms with Gasteiger partial charge >= 0.3 is 5.97 Å². The van der Waals surface area contributed by atoms with Crippen molar-refractivity contribution < 1.29 is 9.53 Å². The molecule has 0 aromatic heterocycles. The van der Waals surface area contributed by atoms with E-state index in [-0.39, 0.29) is 5.97 Å². The largest absolute Gasteiger partial charge is 0.426 e. The van der Waals surface area contributed by atoms with Crippen LogP contribution in [-0.2, 0) is 9.53 Å². The number of ether oxygens (including phenoxy) is 1. The van der Waals surface area contributed by atoms with Gasteiger partial charge in [-0.25, -0.2) is 0 Å². The van der Waals surface area contributed by atoms with E-state index in [0.29, 0.717) is 12.2 Å². The fraction of sp³-hybridized carbons (Fsp3) is 0.182. The normalized spacial score (nSPS) is 15.5. The Kier molecular flexibility index (Phi) is 1.89. The smallest absolute Gasteiger partial charge is 0.315 e. The van der Waals surface area contributed by atoms with Gasteiger partial charge in [0.1, 0.15) is 5.76 Å². The van der Waals surface area contributed by atoms with Crippen LogP contribution in [-0.4, -0.2) is 5.97 Å². The highest BCUT2D eigenvalue weighted by molar-refractivity contribution is 5.85. The Morgan fingerprint density at radius 2 is 2.23 bits per heavy atom. The quantitative estimate of drug-likeness (QED) is 0.610. The van der Waals surface area contributed by atoms with Gasteiger partial charge in [-0.2, -0.15) is 0 Å². The minimum Gasteiger partial charge on any atom is -0.426 e. The van der Waals surface area contributed by atoms with Crippen LogP contribution in [0.4, 0.5) is 0 Å². The molecule has 1 aliphatic heterocycles. The van der Waals surface area contributed by atoms with Crippen LogP contribution in [0.2, 0.25) is 0 Å². The molecule has 0 atom stereocenters. The molecule has 0 bridgehead atoms. The van der Waals surface area contributed by atoms with E-state index in [4.69, 9.17) is 4.74 Å². The van der Waals surface area contributed by atoms with E-state index in [0.717, 1.165) is 5.56 Å². The van der Waals surface area contributed by atoms with Crippen LogP contribution in [0.25, 0.3) is 5.76 Å². The topological polar surface area (TPSA) is 26.3 Å². The Morgan fingerprint density at radius 3 is 2.85 bits per heavy atom. The van der Waals surface area contributed by atoms with Crippen LogP contribution in [0.5, 0.6) is 0 Å². The van der Waals surface area contributed by atoms with Crippen molar-refractivity contribution in [2.24, 2.45) is 0 Å². The molecule has 0 radical (unpaired) electrons. The average molecular weight is 174 g/mol. The maximum absolute atomic E-state index is 10.8. The molecule has 2 nitrogen and oxygen atoms in total. The molecule has 0 N–H and O–H groups in total. The number of carbonyl (C=O) groups excluding carboxylic acids is 1. The molecule has 1 aromatic rings. The summed E-state index contributed by atoms with van der Waals surface area (Å²) in [6.45, 7) is 2.01. The highest BCUT2D eigenvalue weighted by Gasteiger charge is 2.15. The maximum Gasteiger partial charge on any atom is 0.315 e. The van der Waals surface area contributed by atoms with Crippen molar-refractivity contribution >= 4 is 11.7 Å². The average Bonchev–Trinajstić information content (AvgIpc) is 2.52. The van der Waals surface area contributed by atoms with E-state index in [1.165, 1.54) is 5.56 Å². The van der Waals surface area contributed by atoms with Gasteiger partial charge in [-0.3, -0.25) is 4.79 Å². The van der Waals surface area contributed by atoms with Crippen molar-refractivity contribution in [1.82, 2.24) is 0 Å². The van der Waals surface area contributed by atoms with Crippen LogP contribution in [0.15, 0.2) is 30.3 Å². The van der Waals surface area contributed by atoms with Crippen LogP contribution in [0.3, 0.4) is 0 Å². The van der Waals surface area contributed by atoms with Crippen molar-refractivity contribution in [3.63, 3.8) is 0 Å². The molecular formula is C11H10O2. The molecule has 0 fully saturated rings. The summed E-state index contributed by atoms with van der Waals surface area (Å²) in [5, 5.41) is 0. The second-order valence-electron chi connectivity index (χ2n) is 3.12.